The number of rotatable bonds is 1. The first-order valence-corrected chi connectivity index (χ1v) is 11.6. The number of hydrogen-bond donors (Lipinski definition) is 2. The van der Waals surface area contributed by atoms with E-state index < -0.39 is 21.9 Å². The number of nitrogens with one attached hydrogen (secondary N) is 2. The topological polar surface area (TPSA) is 87.6 Å². The third-order valence-electron chi connectivity index (χ3n) is 5.63. The normalized spacial score (nSPS) is 21.7. The van der Waals surface area contributed by atoms with Crippen LogP contribution in [0.4, 0.5) is 10.5 Å². The standard InChI is InChI=1S/C20H18BrN3O3S/c21-13-7-8-16-17(10-13)28(27,23-19(16)25)24-20(26)22-18-14-5-1-3-11(14)9-12-4-2-6-15(12)18/h7-10H,1-6H2,(H2,22,23,24,25,26,27). The Morgan fingerprint density at radius 2 is 1.75 bits per heavy atom. The summed E-state index contributed by atoms with van der Waals surface area (Å²) >= 11 is 3.32. The van der Waals surface area contributed by atoms with Crippen LogP contribution in [-0.4, -0.2) is 16.1 Å². The predicted octanol–water partition coefficient (Wildman–Crippen LogP) is 4.14. The Kier molecular flexibility index (Phi) is 4.10. The molecule has 28 heavy (non-hydrogen) atoms. The molecule has 8 heteroatoms. The van der Waals surface area contributed by atoms with Crippen LogP contribution in [0.25, 0.3) is 0 Å². The second-order valence-electron chi connectivity index (χ2n) is 7.35. The highest BCUT2D eigenvalue weighted by Crippen LogP contribution is 2.38. The van der Waals surface area contributed by atoms with Crippen LogP contribution in [0.1, 0.15) is 45.5 Å². The fourth-order valence-electron chi connectivity index (χ4n) is 4.43. The summed E-state index contributed by atoms with van der Waals surface area (Å²) in [5.74, 6) is -0.481. The Morgan fingerprint density at radius 3 is 2.43 bits per heavy atom. The molecule has 144 valence electrons. The van der Waals surface area contributed by atoms with Crippen LogP contribution in [0.2, 0.25) is 0 Å². The second kappa shape index (κ2) is 6.42. The quantitative estimate of drug-likeness (QED) is 0.671. The number of halogens is 1. The smallest absolute Gasteiger partial charge is 0.305 e. The summed E-state index contributed by atoms with van der Waals surface area (Å²) in [6, 6.07) is 6.44. The van der Waals surface area contributed by atoms with Gasteiger partial charge in [0, 0.05) is 10.2 Å². The molecule has 0 aromatic heterocycles. The van der Waals surface area contributed by atoms with Gasteiger partial charge in [-0.2, -0.15) is 0 Å². The number of carbonyl (C=O) groups is 2. The molecule has 0 radical (unpaired) electrons. The van der Waals surface area contributed by atoms with Crippen LogP contribution < -0.4 is 10.0 Å². The van der Waals surface area contributed by atoms with Gasteiger partial charge < -0.3 is 5.32 Å². The Bertz CT molecular complexity index is 1150. The Labute approximate surface area is 171 Å². The number of carbonyl (C=O) groups excluding carboxylic acids is 2. The third kappa shape index (κ3) is 2.78. The summed E-state index contributed by atoms with van der Waals surface area (Å²) in [5, 5.41) is 2.91. The number of fused-ring (bicyclic) bond motifs is 3. The maximum Gasteiger partial charge on any atom is 0.355 e. The van der Waals surface area contributed by atoms with Crippen LogP contribution >= 0.6 is 15.9 Å². The molecule has 2 N–H and O–H groups in total. The lowest BCUT2D eigenvalue weighted by molar-refractivity contribution is 0.0985. The summed E-state index contributed by atoms with van der Waals surface area (Å²) in [4.78, 5) is 25.1. The minimum Gasteiger partial charge on any atom is -0.305 e. The molecule has 2 aromatic rings. The Balaban J connectivity index is 1.55. The van der Waals surface area contributed by atoms with E-state index in [0.29, 0.717) is 4.47 Å². The van der Waals surface area contributed by atoms with E-state index in [4.69, 9.17) is 0 Å². The zero-order valence-electron chi connectivity index (χ0n) is 15.0. The monoisotopic (exact) mass is 459 g/mol. The van der Waals surface area contributed by atoms with Crippen LogP contribution in [0.15, 0.2) is 38.0 Å². The number of nitrogens with zero attached hydrogens (tertiary/aromatic N) is 1. The first kappa shape index (κ1) is 17.9. The molecule has 3 aliphatic rings. The average molecular weight is 460 g/mol. The first-order valence-electron chi connectivity index (χ1n) is 9.31. The highest BCUT2D eigenvalue weighted by molar-refractivity contribution is 9.10. The molecule has 6 nitrogen and oxygen atoms in total. The zero-order valence-corrected chi connectivity index (χ0v) is 17.4. The molecule has 1 heterocycles. The van der Waals surface area contributed by atoms with Crippen molar-refractivity contribution in [2.24, 2.45) is 4.36 Å². The fourth-order valence-corrected chi connectivity index (χ4v) is 6.59. The van der Waals surface area contributed by atoms with Gasteiger partial charge in [0.25, 0.3) is 5.91 Å². The van der Waals surface area contributed by atoms with Gasteiger partial charge in [-0.25, -0.2) is 9.00 Å². The van der Waals surface area contributed by atoms with Gasteiger partial charge in [0.05, 0.1) is 10.5 Å². The van der Waals surface area contributed by atoms with Crippen LogP contribution in [0.3, 0.4) is 0 Å². The summed E-state index contributed by atoms with van der Waals surface area (Å²) in [7, 11) is -3.35. The van der Waals surface area contributed by atoms with E-state index in [9.17, 15) is 13.8 Å². The number of aryl methyl sites for hydroxylation is 2. The SMILES string of the molecule is O=C(N=S1(=O)NC(=O)c2ccc(Br)cc21)Nc1c2c(cc3c1CCC3)CCC2. The molecule has 0 saturated carbocycles. The molecule has 3 amide bonds. The van der Waals surface area contributed by atoms with Gasteiger partial charge in [0.1, 0.15) is 0 Å². The molecule has 1 aliphatic heterocycles. The molecule has 0 saturated heterocycles. The minimum absolute atomic E-state index is 0.241. The van der Waals surface area contributed by atoms with Crippen molar-refractivity contribution in [1.82, 2.24) is 4.72 Å². The van der Waals surface area contributed by atoms with Gasteiger partial charge in [-0.05, 0) is 79.0 Å². The maximum atomic E-state index is 13.3. The number of hydrogen-bond acceptors (Lipinski definition) is 3. The van der Waals surface area contributed by atoms with Crippen LogP contribution in [0, 0.1) is 0 Å². The highest BCUT2D eigenvalue weighted by atomic mass is 79.9. The summed E-state index contributed by atoms with van der Waals surface area (Å²) in [5.41, 5.74) is 6.08. The van der Waals surface area contributed by atoms with Crippen molar-refractivity contribution in [3.05, 3.63) is 56.6 Å². The van der Waals surface area contributed by atoms with E-state index in [1.807, 2.05) is 0 Å². The minimum atomic E-state index is -3.35. The third-order valence-corrected chi connectivity index (χ3v) is 7.95. The van der Waals surface area contributed by atoms with E-state index in [1.165, 1.54) is 22.3 Å². The molecule has 5 rings (SSSR count). The summed E-state index contributed by atoms with van der Waals surface area (Å²) < 4.78 is 20.2. The highest BCUT2D eigenvalue weighted by Gasteiger charge is 2.32. The number of amides is 3. The van der Waals surface area contributed by atoms with E-state index >= 15 is 0 Å². The van der Waals surface area contributed by atoms with E-state index in [-0.39, 0.29) is 10.5 Å². The van der Waals surface area contributed by atoms with Crippen molar-refractivity contribution in [1.29, 1.82) is 0 Å². The van der Waals surface area contributed by atoms with Gasteiger partial charge in [0.2, 0.25) is 0 Å². The fraction of sp³-hybridized carbons (Fsp3) is 0.300. The summed E-state index contributed by atoms with van der Waals surface area (Å²) in [6.07, 6.45) is 6.06. The second-order valence-corrected chi connectivity index (χ2v) is 10.1. The summed E-state index contributed by atoms with van der Waals surface area (Å²) in [6.45, 7) is 0. The van der Waals surface area contributed by atoms with Crippen molar-refractivity contribution in [3.8, 4) is 0 Å². The molecule has 2 aromatic carbocycles. The van der Waals surface area contributed by atoms with Crippen LogP contribution in [-0.2, 0) is 35.6 Å². The van der Waals surface area contributed by atoms with Gasteiger partial charge in [-0.1, -0.05) is 22.0 Å². The molecule has 0 bridgehead atoms. The lowest BCUT2D eigenvalue weighted by Crippen LogP contribution is -2.23. The van der Waals surface area contributed by atoms with E-state index in [1.54, 1.807) is 18.2 Å². The molecule has 0 fully saturated rings. The number of urea groups is 1. The largest absolute Gasteiger partial charge is 0.355 e. The average Bonchev–Trinajstić information content (AvgIpc) is 3.34. The lowest BCUT2D eigenvalue weighted by atomic mass is 9.99. The van der Waals surface area contributed by atoms with E-state index in [2.05, 4.69) is 36.4 Å². The van der Waals surface area contributed by atoms with Gasteiger partial charge in [-0.3, -0.25) is 9.52 Å². The Hall–Kier alpha value is -2.19. The van der Waals surface area contributed by atoms with Crippen molar-refractivity contribution in [2.45, 2.75) is 43.4 Å². The Morgan fingerprint density at radius 1 is 1.07 bits per heavy atom. The maximum absolute atomic E-state index is 13.3. The van der Waals surface area contributed by atoms with Crippen molar-refractivity contribution in [3.63, 3.8) is 0 Å². The zero-order chi connectivity index (χ0) is 19.5. The first-order chi connectivity index (χ1) is 13.4. The molecular weight excluding hydrogens is 442 g/mol. The van der Waals surface area contributed by atoms with Crippen molar-refractivity contribution < 1.29 is 13.8 Å². The molecule has 2 aliphatic carbocycles. The van der Waals surface area contributed by atoms with Gasteiger partial charge in [-0.15, -0.1) is 4.36 Å². The van der Waals surface area contributed by atoms with Crippen molar-refractivity contribution in [2.75, 3.05) is 5.32 Å². The molecule has 1 unspecified atom stereocenters. The number of benzene rings is 2. The van der Waals surface area contributed by atoms with Crippen LogP contribution in [0.5, 0.6) is 0 Å². The van der Waals surface area contributed by atoms with E-state index in [0.717, 1.165) is 44.2 Å². The molecular formula is C20H18BrN3O3S. The number of anilines is 1. The van der Waals surface area contributed by atoms with Gasteiger partial charge in [0.15, 0.2) is 9.92 Å². The van der Waals surface area contributed by atoms with Crippen molar-refractivity contribution >= 4 is 43.5 Å². The lowest BCUT2D eigenvalue weighted by Gasteiger charge is -2.15. The molecule has 1 atom stereocenters. The van der Waals surface area contributed by atoms with Gasteiger partial charge >= 0.3 is 6.03 Å². The predicted molar refractivity (Wildman–Crippen MR) is 110 cm³/mol. The molecule has 0 spiro atoms.